The summed E-state index contributed by atoms with van der Waals surface area (Å²) in [5.41, 5.74) is 1.81. The van der Waals surface area contributed by atoms with E-state index in [1.807, 2.05) is 27.9 Å². The molecule has 0 bridgehead atoms. The van der Waals surface area contributed by atoms with E-state index >= 15 is 0 Å². The summed E-state index contributed by atoms with van der Waals surface area (Å²) in [5, 5.41) is 16.0. The second kappa shape index (κ2) is 8.60. The Morgan fingerprint density at radius 3 is 2.44 bits per heavy atom. The van der Waals surface area contributed by atoms with Crippen LogP contribution in [0, 0.1) is 0 Å². The number of aromatic amines is 1. The van der Waals surface area contributed by atoms with Crippen LogP contribution in [0.4, 0.5) is 16.3 Å². The molecule has 10 nitrogen and oxygen atoms in total. The van der Waals surface area contributed by atoms with Gasteiger partial charge in [0.1, 0.15) is 0 Å². The van der Waals surface area contributed by atoms with Gasteiger partial charge in [-0.05, 0) is 71.1 Å². The number of nitrogens with one attached hydrogen (secondary N) is 4. The van der Waals surface area contributed by atoms with Crippen LogP contribution in [-0.2, 0) is 16.9 Å². The van der Waals surface area contributed by atoms with Gasteiger partial charge in [-0.15, -0.1) is 0 Å². The average Bonchev–Trinajstić information content (AvgIpc) is 3.29. The number of amides is 4. The van der Waals surface area contributed by atoms with Crippen molar-refractivity contribution < 1.29 is 14.4 Å². The van der Waals surface area contributed by atoms with Crippen LogP contribution in [0.25, 0.3) is 0 Å². The van der Waals surface area contributed by atoms with E-state index in [1.165, 1.54) is 6.08 Å². The number of hydrogen-bond acceptors (Lipinski definition) is 5. The van der Waals surface area contributed by atoms with Crippen molar-refractivity contribution >= 4 is 29.4 Å². The highest BCUT2D eigenvalue weighted by atomic mass is 16.2. The first-order valence-corrected chi connectivity index (χ1v) is 11.2. The van der Waals surface area contributed by atoms with E-state index in [0.717, 1.165) is 30.6 Å². The summed E-state index contributed by atoms with van der Waals surface area (Å²) in [7, 11) is 4.00. The standard InChI is InChI=1S/C24H31N7O3/c1-6-18(32)25-16-9-7-15(8-10-16)21(33)26-20-17-13-31(23(2,3)19(17)28-29-20)22(34)27-24(11-12-24)14-30(4)5/h6-10H,1,11-14H2,2-5H3,(H,25,32)(H,27,34)(H2,26,28,29,33). The molecule has 1 aromatic heterocycles. The molecule has 1 fully saturated rings. The van der Waals surface area contributed by atoms with Gasteiger partial charge in [-0.3, -0.25) is 14.7 Å². The van der Waals surface area contributed by atoms with E-state index in [1.54, 1.807) is 29.2 Å². The number of fused-ring (bicyclic) bond motifs is 1. The molecule has 34 heavy (non-hydrogen) atoms. The number of urea groups is 1. The highest BCUT2D eigenvalue weighted by Crippen LogP contribution is 2.42. The maximum absolute atomic E-state index is 13.2. The first-order chi connectivity index (χ1) is 16.0. The molecule has 2 aromatic rings. The maximum atomic E-state index is 13.2. The summed E-state index contributed by atoms with van der Waals surface area (Å²) in [6.45, 7) is 8.48. The van der Waals surface area contributed by atoms with Crippen molar-refractivity contribution in [1.82, 2.24) is 25.3 Å². The van der Waals surface area contributed by atoms with Gasteiger partial charge in [0.15, 0.2) is 5.82 Å². The lowest BCUT2D eigenvalue weighted by Gasteiger charge is -2.34. The molecule has 4 amide bonds. The third-order valence-corrected chi connectivity index (χ3v) is 6.39. The Morgan fingerprint density at radius 1 is 1.18 bits per heavy atom. The van der Waals surface area contributed by atoms with Crippen molar-refractivity contribution in [2.75, 3.05) is 31.3 Å². The summed E-state index contributed by atoms with van der Waals surface area (Å²) in [5.74, 6) is -0.254. The number of benzene rings is 1. The first-order valence-electron chi connectivity index (χ1n) is 11.2. The third kappa shape index (κ3) is 4.54. The maximum Gasteiger partial charge on any atom is 0.318 e. The highest BCUT2D eigenvalue weighted by molar-refractivity contribution is 6.05. The Hall–Kier alpha value is -3.66. The molecule has 180 valence electrons. The number of rotatable bonds is 7. The lowest BCUT2D eigenvalue weighted by molar-refractivity contribution is -0.111. The van der Waals surface area contributed by atoms with Gasteiger partial charge in [-0.25, -0.2) is 4.79 Å². The third-order valence-electron chi connectivity index (χ3n) is 6.39. The molecule has 0 saturated heterocycles. The van der Waals surface area contributed by atoms with Crippen molar-refractivity contribution in [2.24, 2.45) is 0 Å². The van der Waals surface area contributed by atoms with Crippen LogP contribution in [0.2, 0.25) is 0 Å². The zero-order valence-corrected chi connectivity index (χ0v) is 20.0. The van der Waals surface area contributed by atoms with Gasteiger partial charge in [0.25, 0.3) is 5.91 Å². The van der Waals surface area contributed by atoms with E-state index in [4.69, 9.17) is 0 Å². The van der Waals surface area contributed by atoms with Gasteiger partial charge < -0.3 is 25.8 Å². The predicted octanol–water partition coefficient (Wildman–Crippen LogP) is 2.64. The smallest absolute Gasteiger partial charge is 0.318 e. The fraction of sp³-hybridized carbons (Fsp3) is 0.417. The minimum absolute atomic E-state index is 0.122. The van der Waals surface area contributed by atoms with Gasteiger partial charge >= 0.3 is 6.03 Å². The van der Waals surface area contributed by atoms with Crippen molar-refractivity contribution in [1.29, 1.82) is 0 Å². The van der Waals surface area contributed by atoms with Crippen molar-refractivity contribution in [3.63, 3.8) is 0 Å². The fourth-order valence-corrected chi connectivity index (χ4v) is 4.40. The topological polar surface area (TPSA) is 122 Å². The SMILES string of the molecule is C=CC(=O)Nc1ccc(C(=O)Nc2n[nH]c3c2CN(C(=O)NC2(CN(C)C)CC2)C3(C)C)cc1. The Bertz CT molecular complexity index is 1130. The van der Waals surface area contributed by atoms with E-state index in [0.29, 0.717) is 23.6 Å². The summed E-state index contributed by atoms with van der Waals surface area (Å²) >= 11 is 0. The zero-order chi connectivity index (χ0) is 24.7. The van der Waals surface area contributed by atoms with Crippen molar-refractivity contribution in [3.05, 3.63) is 53.7 Å². The minimum Gasteiger partial charge on any atom is -0.331 e. The average molecular weight is 466 g/mol. The normalized spacial score (nSPS) is 17.1. The van der Waals surface area contributed by atoms with Crippen molar-refractivity contribution in [3.8, 4) is 0 Å². The molecule has 1 aliphatic heterocycles. The van der Waals surface area contributed by atoms with Gasteiger partial charge in [0, 0.05) is 23.4 Å². The molecule has 10 heteroatoms. The Labute approximate surface area is 198 Å². The first kappa shape index (κ1) is 23.5. The van der Waals surface area contributed by atoms with E-state index < -0.39 is 5.54 Å². The van der Waals surface area contributed by atoms with Gasteiger partial charge in [0.2, 0.25) is 5.91 Å². The zero-order valence-electron chi connectivity index (χ0n) is 20.0. The second-order valence-corrected chi connectivity index (χ2v) is 9.74. The molecule has 0 spiro atoms. The molecule has 0 radical (unpaired) electrons. The number of aromatic nitrogens is 2. The second-order valence-electron chi connectivity index (χ2n) is 9.74. The Kier molecular flexibility index (Phi) is 5.94. The fourth-order valence-electron chi connectivity index (χ4n) is 4.40. The molecule has 2 aliphatic rings. The number of hydrogen-bond donors (Lipinski definition) is 4. The van der Waals surface area contributed by atoms with Crippen LogP contribution >= 0.6 is 0 Å². The minimum atomic E-state index is -0.603. The molecule has 0 unspecified atom stereocenters. The number of H-pyrrole nitrogens is 1. The summed E-state index contributed by atoms with van der Waals surface area (Å²) < 4.78 is 0. The lowest BCUT2D eigenvalue weighted by Crippen LogP contribution is -2.52. The number of carbonyl (C=O) groups excluding carboxylic acids is 3. The number of likely N-dealkylation sites (N-methyl/N-ethyl adjacent to an activating group) is 1. The molecular formula is C24H31N7O3. The lowest BCUT2D eigenvalue weighted by atomic mass is 10.0. The molecule has 4 N–H and O–H groups in total. The molecule has 4 rings (SSSR count). The molecule has 0 atom stereocenters. The number of nitrogens with zero attached hydrogens (tertiary/aromatic N) is 3. The van der Waals surface area contributed by atoms with E-state index in [9.17, 15) is 14.4 Å². The van der Waals surface area contributed by atoms with Gasteiger partial charge in [0.05, 0.1) is 23.3 Å². The molecule has 1 aliphatic carbocycles. The van der Waals surface area contributed by atoms with Gasteiger partial charge in [-0.1, -0.05) is 6.58 Å². The molecule has 1 aromatic carbocycles. The number of anilines is 2. The van der Waals surface area contributed by atoms with Crippen LogP contribution in [0.1, 0.15) is 48.3 Å². The summed E-state index contributed by atoms with van der Waals surface area (Å²) in [6.07, 6.45) is 3.11. The Balaban J connectivity index is 1.45. The van der Waals surface area contributed by atoms with E-state index in [2.05, 4.69) is 37.6 Å². The summed E-state index contributed by atoms with van der Waals surface area (Å²) in [4.78, 5) is 41.3. The molecular weight excluding hydrogens is 434 g/mol. The Morgan fingerprint density at radius 2 is 1.85 bits per heavy atom. The van der Waals surface area contributed by atoms with Gasteiger partial charge in [-0.2, -0.15) is 5.10 Å². The largest absolute Gasteiger partial charge is 0.331 e. The molecule has 2 heterocycles. The van der Waals surface area contributed by atoms with Crippen LogP contribution in [-0.4, -0.2) is 64.0 Å². The molecule has 1 saturated carbocycles. The van der Waals surface area contributed by atoms with Crippen LogP contribution in [0.5, 0.6) is 0 Å². The van der Waals surface area contributed by atoms with Crippen LogP contribution in [0.3, 0.4) is 0 Å². The van der Waals surface area contributed by atoms with Crippen LogP contribution in [0.15, 0.2) is 36.9 Å². The number of carbonyl (C=O) groups is 3. The predicted molar refractivity (Wildman–Crippen MR) is 129 cm³/mol. The highest BCUT2D eigenvalue weighted by Gasteiger charge is 2.49. The monoisotopic (exact) mass is 465 g/mol. The quantitative estimate of drug-likeness (QED) is 0.468. The van der Waals surface area contributed by atoms with Crippen molar-refractivity contribution in [2.45, 2.75) is 44.3 Å². The summed E-state index contributed by atoms with van der Waals surface area (Å²) in [6, 6.07) is 6.39. The van der Waals surface area contributed by atoms with Crippen LogP contribution < -0.4 is 16.0 Å². The van der Waals surface area contributed by atoms with E-state index in [-0.39, 0.29) is 23.4 Å².